The zero-order chi connectivity index (χ0) is 8.85. The lowest BCUT2D eigenvalue weighted by Crippen LogP contribution is -2.43. The quantitative estimate of drug-likeness (QED) is 0.478. The zero-order valence-electron chi connectivity index (χ0n) is 7.79. The molecule has 1 N–H and O–H groups in total. The summed E-state index contributed by atoms with van der Waals surface area (Å²) < 4.78 is 0. The summed E-state index contributed by atoms with van der Waals surface area (Å²) in [5.41, 5.74) is 3.03. The van der Waals surface area contributed by atoms with Gasteiger partial charge in [-0.05, 0) is 19.8 Å². The van der Waals surface area contributed by atoms with Crippen molar-refractivity contribution in [3.05, 3.63) is 0 Å². The molecule has 0 aliphatic heterocycles. The number of carbonyl (C=O) groups is 1. The van der Waals surface area contributed by atoms with Crippen LogP contribution in [0.5, 0.6) is 0 Å². The van der Waals surface area contributed by atoms with Gasteiger partial charge < -0.3 is 0 Å². The van der Waals surface area contributed by atoms with Crippen LogP contribution in [0.4, 0.5) is 0 Å². The SMILES string of the molecule is CC(C)CN(C=O)NC(C)C. The molecule has 0 aromatic heterocycles. The molecule has 0 saturated carbocycles. The summed E-state index contributed by atoms with van der Waals surface area (Å²) in [6.45, 7) is 8.95. The van der Waals surface area contributed by atoms with Gasteiger partial charge in [0, 0.05) is 12.6 Å². The minimum absolute atomic E-state index is 0.318. The van der Waals surface area contributed by atoms with Crippen molar-refractivity contribution in [2.75, 3.05) is 6.54 Å². The lowest BCUT2D eigenvalue weighted by molar-refractivity contribution is -0.122. The summed E-state index contributed by atoms with van der Waals surface area (Å²) in [6.07, 6.45) is 0.833. The number of hydrogen-bond donors (Lipinski definition) is 1. The Bertz CT molecular complexity index is 103. The molecule has 3 heteroatoms. The summed E-state index contributed by atoms with van der Waals surface area (Å²) in [5.74, 6) is 0.506. The number of nitrogens with zero attached hydrogens (tertiary/aromatic N) is 1. The molecule has 1 amide bonds. The Hall–Kier alpha value is -0.570. The molecule has 0 unspecified atom stereocenters. The Balaban J connectivity index is 3.67. The van der Waals surface area contributed by atoms with Crippen LogP contribution in [-0.2, 0) is 4.79 Å². The van der Waals surface area contributed by atoms with E-state index in [0.717, 1.165) is 13.0 Å². The third-order valence-corrected chi connectivity index (χ3v) is 1.11. The summed E-state index contributed by atoms with van der Waals surface area (Å²) in [4.78, 5) is 10.4. The maximum absolute atomic E-state index is 10.4. The van der Waals surface area contributed by atoms with Crippen molar-refractivity contribution in [3.63, 3.8) is 0 Å². The highest BCUT2D eigenvalue weighted by molar-refractivity contribution is 5.45. The predicted molar refractivity (Wildman–Crippen MR) is 45.9 cm³/mol. The molecule has 0 rings (SSSR count). The first-order chi connectivity index (χ1) is 5.06. The van der Waals surface area contributed by atoms with Gasteiger partial charge in [0.1, 0.15) is 0 Å². The molecule has 0 saturated heterocycles. The molecular weight excluding hydrogens is 140 g/mol. The summed E-state index contributed by atoms with van der Waals surface area (Å²) >= 11 is 0. The second-order valence-corrected chi connectivity index (χ2v) is 3.44. The molecule has 66 valence electrons. The Morgan fingerprint density at radius 3 is 2.18 bits per heavy atom. The molecular formula is C8H18N2O. The topological polar surface area (TPSA) is 32.3 Å². The fraction of sp³-hybridized carbons (Fsp3) is 0.875. The van der Waals surface area contributed by atoms with Gasteiger partial charge in [0.15, 0.2) is 0 Å². The van der Waals surface area contributed by atoms with Crippen LogP contribution in [0.2, 0.25) is 0 Å². The van der Waals surface area contributed by atoms with E-state index in [1.54, 1.807) is 5.01 Å². The first-order valence-electron chi connectivity index (χ1n) is 4.04. The highest BCUT2D eigenvalue weighted by Gasteiger charge is 2.04. The van der Waals surface area contributed by atoms with Crippen LogP contribution < -0.4 is 5.43 Å². The van der Waals surface area contributed by atoms with E-state index in [-0.39, 0.29) is 0 Å². The molecule has 0 fully saturated rings. The average Bonchev–Trinajstić information content (AvgIpc) is 1.84. The summed E-state index contributed by atoms with van der Waals surface area (Å²) in [6, 6.07) is 0.318. The Kier molecular flexibility index (Phi) is 4.86. The lowest BCUT2D eigenvalue weighted by atomic mass is 10.2. The molecule has 0 aromatic rings. The van der Waals surface area contributed by atoms with Crippen LogP contribution in [-0.4, -0.2) is 24.0 Å². The van der Waals surface area contributed by atoms with Crippen molar-refractivity contribution in [3.8, 4) is 0 Å². The van der Waals surface area contributed by atoms with E-state index in [0.29, 0.717) is 12.0 Å². The minimum atomic E-state index is 0.318. The number of hydrogen-bond acceptors (Lipinski definition) is 2. The zero-order valence-corrected chi connectivity index (χ0v) is 7.79. The van der Waals surface area contributed by atoms with Crippen LogP contribution in [0, 0.1) is 5.92 Å². The van der Waals surface area contributed by atoms with Gasteiger partial charge in [0.05, 0.1) is 0 Å². The van der Waals surface area contributed by atoms with E-state index in [2.05, 4.69) is 19.3 Å². The number of nitrogens with one attached hydrogen (secondary N) is 1. The molecule has 0 aliphatic rings. The summed E-state index contributed by atoms with van der Waals surface area (Å²) in [5, 5.41) is 1.59. The van der Waals surface area contributed by atoms with Gasteiger partial charge >= 0.3 is 0 Å². The Labute approximate surface area is 68.7 Å². The number of carbonyl (C=O) groups excluding carboxylic acids is 1. The second kappa shape index (κ2) is 5.13. The van der Waals surface area contributed by atoms with E-state index >= 15 is 0 Å². The van der Waals surface area contributed by atoms with Crippen molar-refractivity contribution in [1.29, 1.82) is 0 Å². The molecule has 3 nitrogen and oxygen atoms in total. The van der Waals surface area contributed by atoms with E-state index in [4.69, 9.17) is 0 Å². The number of amides is 1. The van der Waals surface area contributed by atoms with Crippen molar-refractivity contribution >= 4 is 6.41 Å². The Morgan fingerprint density at radius 2 is 1.91 bits per heavy atom. The number of hydrazine groups is 1. The van der Waals surface area contributed by atoms with Gasteiger partial charge in [-0.1, -0.05) is 13.8 Å². The van der Waals surface area contributed by atoms with E-state index in [1.807, 2.05) is 13.8 Å². The van der Waals surface area contributed by atoms with Gasteiger partial charge in [-0.25, -0.2) is 5.43 Å². The van der Waals surface area contributed by atoms with E-state index in [1.165, 1.54) is 0 Å². The highest BCUT2D eigenvalue weighted by atomic mass is 16.1. The molecule has 0 bridgehead atoms. The summed E-state index contributed by atoms with van der Waals surface area (Å²) in [7, 11) is 0. The normalized spacial score (nSPS) is 10.7. The molecule has 11 heavy (non-hydrogen) atoms. The van der Waals surface area contributed by atoms with Crippen molar-refractivity contribution in [2.24, 2.45) is 5.92 Å². The fourth-order valence-corrected chi connectivity index (χ4v) is 0.851. The monoisotopic (exact) mass is 158 g/mol. The smallest absolute Gasteiger partial charge is 0.223 e. The first-order valence-corrected chi connectivity index (χ1v) is 4.04. The first kappa shape index (κ1) is 10.4. The van der Waals surface area contributed by atoms with Gasteiger partial charge in [0.25, 0.3) is 0 Å². The molecule has 0 spiro atoms. The largest absolute Gasteiger partial charge is 0.280 e. The van der Waals surface area contributed by atoms with Crippen LogP contribution in [0.1, 0.15) is 27.7 Å². The predicted octanol–water partition coefficient (Wildman–Crippen LogP) is 1.01. The van der Waals surface area contributed by atoms with Gasteiger partial charge in [-0.15, -0.1) is 0 Å². The maximum Gasteiger partial charge on any atom is 0.223 e. The molecule has 0 atom stereocenters. The Morgan fingerprint density at radius 1 is 1.36 bits per heavy atom. The van der Waals surface area contributed by atoms with Gasteiger partial charge in [-0.2, -0.15) is 0 Å². The van der Waals surface area contributed by atoms with Crippen molar-refractivity contribution in [1.82, 2.24) is 10.4 Å². The average molecular weight is 158 g/mol. The van der Waals surface area contributed by atoms with Gasteiger partial charge in [0.2, 0.25) is 6.41 Å². The third-order valence-electron chi connectivity index (χ3n) is 1.11. The van der Waals surface area contributed by atoms with Crippen LogP contribution in [0.25, 0.3) is 0 Å². The molecule has 0 aromatic carbocycles. The highest BCUT2D eigenvalue weighted by Crippen LogP contribution is 1.93. The lowest BCUT2D eigenvalue weighted by Gasteiger charge is -2.22. The van der Waals surface area contributed by atoms with Crippen LogP contribution in [0.15, 0.2) is 0 Å². The van der Waals surface area contributed by atoms with Crippen LogP contribution in [0.3, 0.4) is 0 Å². The molecule has 0 aliphatic carbocycles. The van der Waals surface area contributed by atoms with Crippen LogP contribution >= 0.6 is 0 Å². The third kappa shape index (κ3) is 5.85. The second-order valence-electron chi connectivity index (χ2n) is 3.44. The van der Waals surface area contributed by atoms with E-state index in [9.17, 15) is 4.79 Å². The van der Waals surface area contributed by atoms with Gasteiger partial charge in [-0.3, -0.25) is 9.80 Å². The number of rotatable bonds is 5. The van der Waals surface area contributed by atoms with E-state index < -0.39 is 0 Å². The minimum Gasteiger partial charge on any atom is -0.280 e. The maximum atomic E-state index is 10.4. The molecule has 0 radical (unpaired) electrons. The van der Waals surface area contributed by atoms with Crippen molar-refractivity contribution in [2.45, 2.75) is 33.7 Å². The standard InChI is InChI=1S/C8H18N2O/c1-7(2)5-10(6-11)9-8(3)4/h6-9H,5H2,1-4H3. The molecule has 0 heterocycles. The fourth-order valence-electron chi connectivity index (χ4n) is 0.851. The van der Waals surface area contributed by atoms with Crippen molar-refractivity contribution < 1.29 is 4.79 Å².